The minimum Gasteiger partial charge on any atom is -0.493 e. The van der Waals surface area contributed by atoms with Gasteiger partial charge in [-0.25, -0.2) is 0 Å². The molecule has 27 heavy (non-hydrogen) atoms. The lowest BCUT2D eigenvalue weighted by atomic mass is 9.66. The summed E-state index contributed by atoms with van der Waals surface area (Å²) in [5.74, 6) is 1.59. The molecule has 0 unspecified atom stereocenters. The third kappa shape index (κ3) is 4.45. The maximum atomic E-state index is 5.60. The lowest BCUT2D eigenvalue weighted by Gasteiger charge is -2.40. The van der Waals surface area contributed by atoms with Crippen LogP contribution in [0.2, 0.25) is 0 Å². The number of methoxy groups -OCH3 is 3. The van der Waals surface area contributed by atoms with Crippen molar-refractivity contribution >= 4 is 5.71 Å². The molecule has 1 aliphatic carbocycles. The molecule has 6 heteroatoms. The van der Waals surface area contributed by atoms with E-state index in [0.29, 0.717) is 19.4 Å². The van der Waals surface area contributed by atoms with E-state index in [1.165, 1.54) is 11.3 Å². The summed E-state index contributed by atoms with van der Waals surface area (Å²) in [5, 5.41) is 3.70. The van der Waals surface area contributed by atoms with Crippen LogP contribution >= 0.6 is 0 Å². The topological polar surface area (TPSA) is 61.3 Å². The number of hydrogen-bond donors (Lipinski definition) is 1. The van der Waals surface area contributed by atoms with Gasteiger partial charge >= 0.3 is 0 Å². The molecule has 1 heterocycles. The Balaban J connectivity index is 1.66. The molecule has 0 amide bonds. The monoisotopic (exact) mass is 376 g/mol. The fourth-order valence-electron chi connectivity index (χ4n) is 4.40. The average molecular weight is 376 g/mol. The largest absolute Gasteiger partial charge is 0.493 e. The molecule has 1 aliphatic heterocycles. The first-order chi connectivity index (χ1) is 13.2. The van der Waals surface area contributed by atoms with E-state index in [1.807, 2.05) is 6.07 Å². The molecule has 1 saturated carbocycles. The normalized spacial score (nSPS) is 26.2. The van der Waals surface area contributed by atoms with Gasteiger partial charge in [-0.2, -0.15) is 0 Å². The van der Waals surface area contributed by atoms with E-state index in [0.717, 1.165) is 56.8 Å². The van der Waals surface area contributed by atoms with Crippen molar-refractivity contribution in [2.24, 2.45) is 4.99 Å². The van der Waals surface area contributed by atoms with Crippen molar-refractivity contribution in [2.75, 3.05) is 47.8 Å². The first kappa shape index (κ1) is 20.1. The predicted molar refractivity (Wildman–Crippen MR) is 106 cm³/mol. The lowest BCUT2D eigenvalue weighted by Crippen LogP contribution is -2.45. The Kier molecular flexibility index (Phi) is 7.10. The SMILES string of the molecule is COCCCOCN=C1CC[C@@]2(c3ccc(OC)c(OC)c3)CCN[C@H]2C1. The third-order valence-electron chi connectivity index (χ3n) is 5.90. The Morgan fingerprint density at radius 3 is 2.74 bits per heavy atom. The maximum Gasteiger partial charge on any atom is 0.161 e. The molecule has 1 aromatic carbocycles. The van der Waals surface area contributed by atoms with Crippen LogP contribution in [-0.2, 0) is 14.9 Å². The van der Waals surface area contributed by atoms with E-state index in [2.05, 4.69) is 17.4 Å². The molecule has 0 radical (unpaired) electrons. The van der Waals surface area contributed by atoms with Crippen LogP contribution in [0.1, 0.15) is 37.7 Å². The average Bonchev–Trinajstić information content (AvgIpc) is 3.14. The van der Waals surface area contributed by atoms with Crippen molar-refractivity contribution in [3.63, 3.8) is 0 Å². The highest BCUT2D eigenvalue weighted by Crippen LogP contribution is 2.46. The smallest absolute Gasteiger partial charge is 0.161 e. The Morgan fingerprint density at radius 1 is 1.11 bits per heavy atom. The zero-order valence-electron chi connectivity index (χ0n) is 16.8. The number of ether oxygens (including phenoxy) is 4. The van der Waals surface area contributed by atoms with Gasteiger partial charge in [-0.05, 0) is 49.9 Å². The summed E-state index contributed by atoms with van der Waals surface area (Å²) < 4.78 is 21.6. The highest BCUT2D eigenvalue weighted by atomic mass is 16.5. The Bertz CT molecular complexity index is 649. The second-order valence-corrected chi connectivity index (χ2v) is 7.29. The van der Waals surface area contributed by atoms with Gasteiger partial charge in [0.2, 0.25) is 0 Å². The molecule has 1 aromatic rings. The van der Waals surface area contributed by atoms with Crippen LogP contribution < -0.4 is 14.8 Å². The van der Waals surface area contributed by atoms with Crippen molar-refractivity contribution in [1.29, 1.82) is 0 Å². The fraction of sp³-hybridized carbons (Fsp3) is 0.667. The van der Waals surface area contributed by atoms with E-state index in [1.54, 1.807) is 21.3 Å². The lowest BCUT2D eigenvalue weighted by molar-refractivity contribution is 0.108. The van der Waals surface area contributed by atoms with Gasteiger partial charge in [-0.1, -0.05) is 6.07 Å². The summed E-state index contributed by atoms with van der Waals surface area (Å²) in [4.78, 5) is 4.70. The molecule has 2 atom stereocenters. The molecule has 3 rings (SSSR count). The number of benzene rings is 1. The number of nitrogens with one attached hydrogen (secondary N) is 1. The van der Waals surface area contributed by atoms with Gasteiger partial charge in [-0.3, -0.25) is 4.99 Å². The Morgan fingerprint density at radius 2 is 1.96 bits per heavy atom. The maximum absolute atomic E-state index is 5.60. The zero-order valence-corrected chi connectivity index (χ0v) is 16.8. The van der Waals surface area contributed by atoms with E-state index >= 15 is 0 Å². The molecule has 2 fully saturated rings. The van der Waals surface area contributed by atoms with Gasteiger partial charge in [0.05, 0.1) is 20.8 Å². The molecular formula is C21H32N2O4. The van der Waals surface area contributed by atoms with Crippen molar-refractivity contribution < 1.29 is 18.9 Å². The van der Waals surface area contributed by atoms with Crippen LogP contribution in [-0.4, -0.2) is 59.6 Å². The van der Waals surface area contributed by atoms with Gasteiger partial charge in [0.15, 0.2) is 11.5 Å². The Labute approximate surface area is 162 Å². The molecule has 2 aliphatic rings. The van der Waals surface area contributed by atoms with Crippen LogP contribution in [0, 0.1) is 0 Å². The summed E-state index contributed by atoms with van der Waals surface area (Å²) in [6.07, 6.45) is 5.16. The van der Waals surface area contributed by atoms with E-state index in [9.17, 15) is 0 Å². The Hall–Kier alpha value is -1.63. The molecule has 0 spiro atoms. The quantitative estimate of drug-likeness (QED) is 0.672. The number of aliphatic imine (C=N–C) groups is 1. The van der Waals surface area contributed by atoms with Crippen LogP contribution in [0.3, 0.4) is 0 Å². The number of fused-ring (bicyclic) bond motifs is 1. The summed E-state index contributed by atoms with van der Waals surface area (Å²) >= 11 is 0. The number of nitrogens with zero attached hydrogens (tertiary/aromatic N) is 1. The van der Waals surface area contributed by atoms with Crippen molar-refractivity contribution in [2.45, 2.75) is 43.6 Å². The van der Waals surface area contributed by atoms with Gasteiger partial charge in [0, 0.05) is 37.3 Å². The van der Waals surface area contributed by atoms with Gasteiger partial charge in [-0.15, -0.1) is 0 Å². The van der Waals surface area contributed by atoms with Crippen molar-refractivity contribution in [1.82, 2.24) is 5.32 Å². The molecule has 0 bridgehead atoms. The van der Waals surface area contributed by atoms with Crippen molar-refractivity contribution in [3.8, 4) is 11.5 Å². The molecule has 0 aromatic heterocycles. The van der Waals surface area contributed by atoms with Gasteiger partial charge < -0.3 is 24.3 Å². The molecule has 1 N–H and O–H groups in total. The highest BCUT2D eigenvalue weighted by molar-refractivity contribution is 5.86. The summed E-state index contributed by atoms with van der Waals surface area (Å²) in [7, 11) is 5.08. The van der Waals surface area contributed by atoms with Crippen LogP contribution in [0.5, 0.6) is 11.5 Å². The summed E-state index contributed by atoms with van der Waals surface area (Å²) in [6, 6.07) is 6.79. The molecule has 150 valence electrons. The van der Waals surface area contributed by atoms with Crippen LogP contribution in [0.4, 0.5) is 0 Å². The molecule has 6 nitrogen and oxygen atoms in total. The van der Waals surface area contributed by atoms with E-state index < -0.39 is 0 Å². The standard InChI is InChI=1S/C21H32N2O4/c1-24-11-4-12-27-15-23-17-7-8-21(9-10-22-20(21)14-17)16-5-6-18(25-2)19(13-16)26-3/h5-6,13,20,22H,4,7-12,14-15H2,1-3H3/t20-,21-/m0/s1. The number of rotatable bonds is 9. The zero-order chi connectivity index (χ0) is 19.1. The first-order valence-electron chi connectivity index (χ1n) is 9.78. The third-order valence-corrected chi connectivity index (χ3v) is 5.90. The first-order valence-corrected chi connectivity index (χ1v) is 9.78. The van der Waals surface area contributed by atoms with E-state index in [-0.39, 0.29) is 5.41 Å². The van der Waals surface area contributed by atoms with Crippen LogP contribution in [0.25, 0.3) is 0 Å². The van der Waals surface area contributed by atoms with Crippen LogP contribution in [0.15, 0.2) is 23.2 Å². The van der Waals surface area contributed by atoms with Crippen molar-refractivity contribution in [3.05, 3.63) is 23.8 Å². The second kappa shape index (κ2) is 9.53. The summed E-state index contributed by atoms with van der Waals surface area (Å²) in [5.41, 5.74) is 2.75. The minimum absolute atomic E-state index is 0.151. The number of hydrogen-bond acceptors (Lipinski definition) is 6. The highest BCUT2D eigenvalue weighted by Gasteiger charge is 2.47. The predicted octanol–water partition coefficient (Wildman–Crippen LogP) is 2.94. The molecular weight excluding hydrogens is 344 g/mol. The summed E-state index contributed by atoms with van der Waals surface area (Å²) in [6.45, 7) is 2.92. The fourth-order valence-corrected chi connectivity index (χ4v) is 4.40. The van der Waals surface area contributed by atoms with Gasteiger partial charge in [0.1, 0.15) is 6.73 Å². The second-order valence-electron chi connectivity index (χ2n) is 7.29. The van der Waals surface area contributed by atoms with Gasteiger partial charge in [0.25, 0.3) is 0 Å². The minimum atomic E-state index is 0.151. The molecule has 1 saturated heterocycles. The van der Waals surface area contributed by atoms with E-state index in [4.69, 9.17) is 23.9 Å².